The molecule has 1 fully saturated rings. The van der Waals surface area contributed by atoms with Gasteiger partial charge in [-0.05, 0) is 54.4 Å². The molecule has 1 aliphatic rings. The Morgan fingerprint density at radius 1 is 1.24 bits per heavy atom. The molecular weight excluding hydrogens is 465 g/mol. The highest BCUT2D eigenvalue weighted by molar-refractivity contribution is 7.15. The molecule has 1 N–H and O–H groups in total. The Labute approximate surface area is 196 Å². The SMILES string of the molecule is Cc1nc(C(=O)N2CCOC2CNC(=O)c2ccc3snnc3c2)c(-c2ccc(F)cc2)s1. The molecule has 168 valence electrons. The van der Waals surface area contributed by atoms with E-state index in [2.05, 4.69) is 19.9 Å². The van der Waals surface area contributed by atoms with Crippen molar-refractivity contribution in [2.45, 2.75) is 13.2 Å². The van der Waals surface area contributed by atoms with Crippen LogP contribution in [-0.4, -0.2) is 57.2 Å². The molecule has 0 radical (unpaired) electrons. The zero-order valence-electron chi connectivity index (χ0n) is 17.4. The lowest BCUT2D eigenvalue weighted by atomic mass is 10.1. The summed E-state index contributed by atoms with van der Waals surface area (Å²) in [6, 6.07) is 11.2. The topological polar surface area (TPSA) is 97.3 Å². The van der Waals surface area contributed by atoms with Crippen LogP contribution in [0.5, 0.6) is 0 Å². The fraction of sp³-hybridized carbons (Fsp3) is 0.227. The van der Waals surface area contributed by atoms with Crippen molar-refractivity contribution >= 4 is 44.9 Å². The zero-order valence-corrected chi connectivity index (χ0v) is 19.1. The number of halogens is 1. The average Bonchev–Trinajstić information content (AvgIpc) is 3.56. The molecule has 33 heavy (non-hydrogen) atoms. The number of fused-ring (bicyclic) bond motifs is 1. The van der Waals surface area contributed by atoms with Crippen molar-refractivity contribution in [3.05, 3.63) is 64.5 Å². The maximum Gasteiger partial charge on any atom is 0.276 e. The molecule has 1 unspecified atom stereocenters. The first-order valence-corrected chi connectivity index (χ1v) is 11.7. The third-order valence-electron chi connectivity index (χ3n) is 5.24. The summed E-state index contributed by atoms with van der Waals surface area (Å²) in [5.41, 5.74) is 2.14. The van der Waals surface area contributed by atoms with Gasteiger partial charge in [-0.2, -0.15) is 0 Å². The fourth-order valence-corrected chi connectivity index (χ4v) is 5.09. The molecule has 4 aromatic rings. The number of thiazole rings is 1. The Hall–Kier alpha value is -3.28. The summed E-state index contributed by atoms with van der Waals surface area (Å²) in [4.78, 5) is 32.7. The third-order valence-corrected chi connectivity index (χ3v) is 6.97. The number of hydrogen-bond acceptors (Lipinski definition) is 8. The lowest BCUT2D eigenvalue weighted by molar-refractivity contribution is 0.0277. The second kappa shape index (κ2) is 8.93. The Kier molecular flexibility index (Phi) is 5.83. The summed E-state index contributed by atoms with van der Waals surface area (Å²) in [6.07, 6.45) is -0.616. The predicted octanol–water partition coefficient (Wildman–Crippen LogP) is 3.49. The van der Waals surface area contributed by atoms with Gasteiger partial charge >= 0.3 is 0 Å². The molecular formula is C22H18FN5O3S2. The van der Waals surface area contributed by atoms with E-state index >= 15 is 0 Å². The second-order valence-electron chi connectivity index (χ2n) is 7.41. The van der Waals surface area contributed by atoms with Crippen molar-refractivity contribution in [2.24, 2.45) is 0 Å². The number of rotatable bonds is 5. The number of nitrogens with zero attached hydrogens (tertiary/aromatic N) is 4. The normalized spacial score (nSPS) is 15.8. The number of aryl methyl sites for hydroxylation is 1. The van der Waals surface area contributed by atoms with Crippen LogP contribution in [0, 0.1) is 12.7 Å². The maximum absolute atomic E-state index is 13.4. The monoisotopic (exact) mass is 483 g/mol. The minimum Gasteiger partial charge on any atom is -0.355 e. The number of carbonyl (C=O) groups is 2. The van der Waals surface area contributed by atoms with E-state index < -0.39 is 6.23 Å². The summed E-state index contributed by atoms with van der Waals surface area (Å²) >= 11 is 2.64. The molecule has 1 atom stereocenters. The van der Waals surface area contributed by atoms with Crippen molar-refractivity contribution < 1.29 is 18.7 Å². The summed E-state index contributed by atoms with van der Waals surface area (Å²) < 4.78 is 23.8. The van der Waals surface area contributed by atoms with Gasteiger partial charge < -0.3 is 15.0 Å². The number of amides is 2. The second-order valence-corrected chi connectivity index (χ2v) is 9.40. The van der Waals surface area contributed by atoms with Crippen LogP contribution in [0.15, 0.2) is 42.5 Å². The van der Waals surface area contributed by atoms with Crippen LogP contribution in [0.3, 0.4) is 0 Å². The fourth-order valence-electron chi connectivity index (χ4n) is 3.63. The van der Waals surface area contributed by atoms with Crippen LogP contribution in [0.1, 0.15) is 25.9 Å². The smallest absolute Gasteiger partial charge is 0.276 e. The van der Waals surface area contributed by atoms with Crippen molar-refractivity contribution in [2.75, 3.05) is 19.7 Å². The number of aromatic nitrogens is 3. The lowest BCUT2D eigenvalue weighted by Crippen LogP contribution is -2.44. The van der Waals surface area contributed by atoms with Gasteiger partial charge in [-0.3, -0.25) is 9.59 Å². The van der Waals surface area contributed by atoms with E-state index in [0.717, 1.165) is 15.3 Å². The molecule has 1 saturated heterocycles. The van der Waals surface area contributed by atoms with Crippen LogP contribution in [-0.2, 0) is 4.74 Å². The highest BCUT2D eigenvalue weighted by Gasteiger charge is 2.33. The van der Waals surface area contributed by atoms with Crippen molar-refractivity contribution in [1.82, 2.24) is 24.8 Å². The van der Waals surface area contributed by atoms with Gasteiger partial charge in [0, 0.05) is 12.1 Å². The van der Waals surface area contributed by atoms with Crippen LogP contribution in [0.25, 0.3) is 20.7 Å². The number of nitrogens with one attached hydrogen (secondary N) is 1. The highest BCUT2D eigenvalue weighted by Crippen LogP contribution is 2.32. The maximum atomic E-state index is 13.4. The van der Waals surface area contributed by atoms with Gasteiger partial charge in [0.05, 0.1) is 27.7 Å². The molecule has 8 nitrogen and oxygen atoms in total. The summed E-state index contributed by atoms with van der Waals surface area (Å²) in [6.45, 7) is 2.70. The summed E-state index contributed by atoms with van der Waals surface area (Å²) in [5.74, 6) is -0.920. The lowest BCUT2D eigenvalue weighted by Gasteiger charge is -2.23. The molecule has 1 aliphatic heterocycles. The van der Waals surface area contributed by atoms with E-state index in [4.69, 9.17) is 4.74 Å². The van der Waals surface area contributed by atoms with Gasteiger partial charge in [-0.1, -0.05) is 16.6 Å². The van der Waals surface area contributed by atoms with Gasteiger partial charge in [0.2, 0.25) is 0 Å². The molecule has 5 rings (SSSR count). The van der Waals surface area contributed by atoms with E-state index in [1.54, 1.807) is 35.2 Å². The van der Waals surface area contributed by atoms with Gasteiger partial charge in [0.1, 0.15) is 23.3 Å². The number of carbonyl (C=O) groups excluding carboxylic acids is 2. The Balaban J connectivity index is 1.31. The van der Waals surface area contributed by atoms with Gasteiger partial charge in [-0.15, -0.1) is 16.4 Å². The van der Waals surface area contributed by atoms with Gasteiger partial charge in [0.25, 0.3) is 11.8 Å². The third kappa shape index (κ3) is 4.34. The molecule has 3 heterocycles. The molecule has 0 saturated carbocycles. The number of ether oxygens (including phenoxy) is 1. The number of benzene rings is 2. The first-order valence-electron chi connectivity index (χ1n) is 10.2. The van der Waals surface area contributed by atoms with Crippen molar-refractivity contribution in [1.29, 1.82) is 0 Å². The average molecular weight is 484 g/mol. The van der Waals surface area contributed by atoms with E-state index in [9.17, 15) is 14.0 Å². The van der Waals surface area contributed by atoms with Crippen molar-refractivity contribution in [3.8, 4) is 10.4 Å². The minimum atomic E-state index is -0.616. The molecule has 2 aromatic carbocycles. The van der Waals surface area contributed by atoms with Crippen LogP contribution in [0.2, 0.25) is 0 Å². The highest BCUT2D eigenvalue weighted by atomic mass is 32.1. The summed E-state index contributed by atoms with van der Waals surface area (Å²) in [5, 5.41) is 7.55. The molecule has 11 heteroatoms. The predicted molar refractivity (Wildman–Crippen MR) is 123 cm³/mol. The molecule has 2 aromatic heterocycles. The van der Waals surface area contributed by atoms with Crippen LogP contribution < -0.4 is 5.32 Å². The molecule has 0 aliphatic carbocycles. The Morgan fingerprint density at radius 2 is 2.06 bits per heavy atom. The number of hydrogen-bond donors (Lipinski definition) is 1. The van der Waals surface area contributed by atoms with E-state index in [1.807, 2.05) is 6.92 Å². The standard InChI is InChI=1S/C22H18FN5O3S2/c1-12-25-19(20(32-12)13-2-5-15(23)6-3-13)22(30)28-8-9-31-18(28)11-24-21(29)14-4-7-17-16(10-14)26-27-33-17/h2-7,10,18H,8-9,11H2,1H3,(H,24,29). The van der Waals surface area contributed by atoms with E-state index in [0.29, 0.717) is 34.8 Å². The van der Waals surface area contributed by atoms with Gasteiger partial charge in [0.15, 0.2) is 0 Å². The molecule has 0 spiro atoms. The van der Waals surface area contributed by atoms with E-state index in [-0.39, 0.29) is 24.2 Å². The van der Waals surface area contributed by atoms with Crippen LogP contribution in [0.4, 0.5) is 4.39 Å². The first-order chi connectivity index (χ1) is 16.0. The largest absolute Gasteiger partial charge is 0.355 e. The van der Waals surface area contributed by atoms with Gasteiger partial charge in [-0.25, -0.2) is 9.37 Å². The Bertz CT molecular complexity index is 1340. The Morgan fingerprint density at radius 3 is 2.88 bits per heavy atom. The van der Waals surface area contributed by atoms with Crippen LogP contribution >= 0.6 is 22.9 Å². The quantitative estimate of drug-likeness (QED) is 0.467. The summed E-state index contributed by atoms with van der Waals surface area (Å²) in [7, 11) is 0. The van der Waals surface area contributed by atoms with E-state index in [1.165, 1.54) is 35.0 Å². The molecule has 2 amide bonds. The van der Waals surface area contributed by atoms with Crippen molar-refractivity contribution in [3.63, 3.8) is 0 Å². The molecule has 0 bridgehead atoms. The minimum absolute atomic E-state index is 0.132. The first kappa shape index (κ1) is 21.6. The zero-order chi connectivity index (χ0) is 22.9.